The van der Waals surface area contributed by atoms with E-state index in [9.17, 15) is 14.5 Å². The van der Waals surface area contributed by atoms with Crippen molar-refractivity contribution in [2.24, 2.45) is 0 Å². The number of imidazole rings is 1. The van der Waals surface area contributed by atoms with E-state index in [1.807, 2.05) is 0 Å². The third kappa shape index (κ3) is 6.14. The van der Waals surface area contributed by atoms with Gasteiger partial charge in [-0.05, 0) is 39.8 Å². The zero-order chi connectivity index (χ0) is 27.7. The number of ether oxygens (including phenoxy) is 2. The van der Waals surface area contributed by atoms with E-state index >= 15 is 4.39 Å². The molecule has 1 aromatic carbocycles. The standard InChI is InChI=1S/C23H28ClFN5O7P/c1-13(2)35-21(32)14(3)29-38(33,37-16-8-6-5-7-9-16)34-11-18-19(31)23(24,25)22(36-18)30-12-27-17-10-26-15(4)28-20(17)30/h5-10,12-14,18-19,22,31H,11H2,1-4H3,(H,29,33)/t14-,18-,19-,22-,23-,38-/m1/s1. The fourth-order valence-electron chi connectivity index (χ4n) is 3.70. The predicted octanol–water partition coefficient (Wildman–Crippen LogP) is 3.43. The number of fused-ring (bicyclic) bond motifs is 1. The topological polar surface area (TPSA) is 147 Å². The van der Waals surface area contributed by atoms with Crippen molar-refractivity contribution in [1.29, 1.82) is 0 Å². The number of carbonyl (C=O) groups excluding carboxylic acids is 1. The van der Waals surface area contributed by atoms with Crippen LogP contribution in [0.25, 0.3) is 11.2 Å². The Kier molecular flexibility index (Phi) is 8.36. The molecule has 12 nitrogen and oxygen atoms in total. The van der Waals surface area contributed by atoms with Gasteiger partial charge in [0.25, 0.3) is 5.13 Å². The van der Waals surface area contributed by atoms with Crippen LogP contribution in [0.3, 0.4) is 0 Å². The van der Waals surface area contributed by atoms with Gasteiger partial charge in [0.15, 0.2) is 11.9 Å². The van der Waals surface area contributed by atoms with Crippen molar-refractivity contribution < 1.29 is 37.4 Å². The van der Waals surface area contributed by atoms with Gasteiger partial charge in [0.05, 0.1) is 25.2 Å². The molecule has 206 valence electrons. The Bertz CT molecular complexity index is 1330. The fraction of sp³-hybridized carbons (Fsp3) is 0.478. The minimum absolute atomic E-state index is 0.177. The van der Waals surface area contributed by atoms with Gasteiger partial charge in [-0.15, -0.1) is 0 Å². The van der Waals surface area contributed by atoms with Gasteiger partial charge in [-0.25, -0.2) is 23.9 Å². The molecular weight excluding hydrogens is 544 g/mol. The van der Waals surface area contributed by atoms with E-state index in [2.05, 4.69) is 20.0 Å². The number of para-hydroxylation sites is 1. The minimum atomic E-state index is -4.29. The minimum Gasteiger partial charge on any atom is -0.462 e. The SMILES string of the molecule is Cc1ncc2ncn([C@@H]3O[C@H](CO[P@](=O)(N[C@H](C)C(=O)OC(C)C)Oc4ccccc4)[C@@H](O)[C@]3(F)Cl)c2n1. The molecule has 38 heavy (non-hydrogen) atoms. The summed E-state index contributed by atoms with van der Waals surface area (Å²) in [7, 11) is -4.29. The van der Waals surface area contributed by atoms with Crippen molar-refractivity contribution in [3.8, 4) is 5.75 Å². The van der Waals surface area contributed by atoms with E-state index < -0.39 is 56.0 Å². The molecule has 1 saturated heterocycles. The highest BCUT2D eigenvalue weighted by Gasteiger charge is 2.58. The van der Waals surface area contributed by atoms with Crippen molar-refractivity contribution in [3.63, 3.8) is 0 Å². The van der Waals surface area contributed by atoms with Crippen LogP contribution >= 0.6 is 19.3 Å². The highest BCUT2D eigenvalue weighted by Crippen LogP contribution is 2.49. The number of alkyl halides is 2. The molecule has 0 unspecified atom stereocenters. The number of hydrogen-bond acceptors (Lipinski definition) is 10. The van der Waals surface area contributed by atoms with Crippen LogP contribution in [0.4, 0.5) is 4.39 Å². The average molecular weight is 572 g/mol. The predicted molar refractivity (Wildman–Crippen MR) is 134 cm³/mol. The summed E-state index contributed by atoms with van der Waals surface area (Å²) in [6.07, 6.45) is -2.50. The summed E-state index contributed by atoms with van der Waals surface area (Å²) < 4.78 is 52.4. The molecule has 3 aromatic rings. The Hall–Kier alpha value is -2.67. The molecule has 0 saturated carbocycles. The zero-order valence-electron chi connectivity index (χ0n) is 21.0. The summed E-state index contributed by atoms with van der Waals surface area (Å²) in [4.78, 5) is 24.7. The molecular formula is C23H28ClFN5O7P. The number of halogens is 2. The molecule has 6 atom stereocenters. The average Bonchev–Trinajstić information content (AvgIpc) is 3.35. The number of benzene rings is 1. The summed E-state index contributed by atoms with van der Waals surface area (Å²) in [5.41, 5.74) is 0.615. The van der Waals surface area contributed by atoms with Crippen molar-refractivity contribution in [2.75, 3.05) is 6.61 Å². The summed E-state index contributed by atoms with van der Waals surface area (Å²) in [5, 5.41) is 10.4. The van der Waals surface area contributed by atoms with E-state index in [0.717, 1.165) is 0 Å². The summed E-state index contributed by atoms with van der Waals surface area (Å²) in [6, 6.07) is 7.00. The molecule has 4 rings (SSSR count). The lowest BCUT2D eigenvalue weighted by Gasteiger charge is -2.25. The molecule has 2 aromatic heterocycles. The second kappa shape index (κ2) is 11.2. The lowest BCUT2D eigenvalue weighted by molar-refractivity contribution is -0.149. The number of aryl methyl sites for hydroxylation is 1. The van der Waals surface area contributed by atoms with Crippen molar-refractivity contribution in [2.45, 2.75) is 63.4 Å². The molecule has 1 aliphatic heterocycles. The van der Waals surface area contributed by atoms with Gasteiger partial charge in [-0.1, -0.05) is 29.8 Å². The molecule has 2 N–H and O–H groups in total. The van der Waals surface area contributed by atoms with Crippen LogP contribution in [-0.2, 0) is 23.4 Å². The highest BCUT2D eigenvalue weighted by atomic mass is 35.5. The molecule has 0 amide bonds. The number of aliphatic hydroxyl groups excluding tert-OH is 1. The Labute approximate surface area is 223 Å². The fourth-order valence-corrected chi connectivity index (χ4v) is 5.49. The van der Waals surface area contributed by atoms with Crippen molar-refractivity contribution in [3.05, 3.63) is 48.7 Å². The van der Waals surface area contributed by atoms with E-state index in [-0.39, 0.29) is 11.4 Å². The molecule has 3 heterocycles. The first-order valence-electron chi connectivity index (χ1n) is 11.7. The van der Waals surface area contributed by atoms with Gasteiger partial charge < -0.3 is 19.1 Å². The second-order valence-electron chi connectivity index (χ2n) is 8.96. The van der Waals surface area contributed by atoms with Crippen LogP contribution in [0.5, 0.6) is 5.75 Å². The van der Waals surface area contributed by atoms with Crippen molar-refractivity contribution in [1.82, 2.24) is 24.6 Å². The number of aromatic nitrogens is 4. The van der Waals surface area contributed by atoms with Crippen LogP contribution < -0.4 is 9.61 Å². The van der Waals surface area contributed by atoms with Crippen molar-refractivity contribution >= 4 is 36.5 Å². The molecule has 0 spiro atoms. The van der Waals surface area contributed by atoms with Crippen LogP contribution in [0.15, 0.2) is 42.9 Å². The zero-order valence-corrected chi connectivity index (χ0v) is 22.7. The Morgan fingerprint density at radius 1 is 1.32 bits per heavy atom. The van der Waals surface area contributed by atoms with Gasteiger partial charge in [-0.2, -0.15) is 5.09 Å². The molecule has 0 aliphatic carbocycles. The first-order chi connectivity index (χ1) is 17.9. The number of nitrogens with one attached hydrogen (secondary N) is 1. The van der Waals surface area contributed by atoms with E-state index in [1.54, 1.807) is 39.0 Å². The van der Waals surface area contributed by atoms with E-state index in [0.29, 0.717) is 11.3 Å². The first-order valence-corrected chi connectivity index (χ1v) is 13.7. The monoisotopic (exact) mass is 571 g/mol. The van der Waals surface area contributed by atoms with E-state index in [4.69, 9.17) is 30.1 Å². The normalized spacial score (nSPS) is 25.8. The maximum Gasteiger partial charge on any atom is 0.459 e. The van der Waals surface area contributed by atoms with Crippen LogP contribution in [0.1, 0.15) is 32.8 Å². The summed E-state index contributed by atoms with van der Waals surface area (Å²) in [6.45, 7) is 5.80. The second-order valence-corrected chi connectivity index (χ2v) is 11.2. The van der Waals surface area contributed by atoms with Gasteiger partial charge in [0, 0.05) is 0 Å². The lowest BCUT2D eigenvalue weighted by atomic mass is 10.1. The maximum absolute atomic E-state index is 15.6. The molecule has 15 heteroatoms. The van der Waals surface area contributed by atoms with Gasteiger partial charge >= 0.3 is 13.7 Å². The molecule has 0 bridgehead atoms. The Morgan fingerprint density at radius 2 is 2.03 bits per heavy atom. The quantitative estimate of drug-likeness (QED) is 0.209. The molecule has 1 fully saturated rings. The smallest absolute Gasteiger partial charge is 0.459 e. The number of rotatable bonds is 10. The Morgan fingerprint density at radius 3 is 2.71 bits per heavy atom. The van der Waals surface area contributed by atoms with Gasteiger partial charge in [0.1, 0.15) is 35.3 Å². The lowest BCUT2D eigenvalue weighted by Crippen LogP contribution is -2.40. The van der Waals surface area contributed by atoms with E-state index in [1.165, 1.54) is 36.1 Å². The van der Waals surface area contributed by atoms with Gasteiger partial charge in [-0.3, -0.25) is 13.9 Å². The molecule has 1 aliphatic rings. The summed E-state index contributed by atoms with van der Waals surface area (Å²) >= 11 is 6.10. The van der Waals surface area contributed by atoms with Crippen LogP contribution in [0, 0.1) is 6.92 Å². The largest absolute Gasteiger partial charge is 0.462 e. The maximum atomic E-state index is 15.6. The van der Waals surface area contributed by atoms with Crippen LogP contribution in [-0.4, -0.2) is 66.7 Å². The molecule has 0 radical (unpaired) electrons. The number of esters is 1. The summed E-state index contributed by atoms with van der Waals surface area (Å²) in [5.74, 6) is -0.104. The number of hydrogen-bond donors (Lipinski definition) is 2. The third-order valence-corrected chi connectivity index (χ3v) is 7.56. The number of aliphatic hydroxyl groups is 1. The highest BCUT2D eigenvalue weighted by molar-refractivity contribution is 7.52. The number of carbonyl (C=O) groups is 1. The first kappa shape index (κ1) is 28.3. The Balaban J connectivity index is 1.54. The van der Waals surface area contributed by atoms with Gasteiger partial charge in [0.2, 0.25) is 0 Å². The van der Waals surface area contributed by atoms with Crippen LogP contribution in [0.2, 0.25) is 0 Å². The number of nitrogens with zero attached hydrogens (tertiary/aromatic N) is 4. The third-order valence-electron chi connectivity index (χ3n) is 5.50.